The fraction of sp³-hybridized carbons (Fsp3) is 0.647. The molecule has 0 N–H and O–H groups in total. The normalized spacial score (nSPS) is 11.7. The number of nitrogens with zero attached hydrogens (tertiary/aromatic N) is 1. The summed E-state index contributed by atoms with van der Waals surface area (Å²) in [5.74, 6) is 0. The number of para-hydroxylation sites is 1. The lowest BCUT2D eigenvalue weighted by Crippen LogP contribution is -2.41. The van der Waals surface area contributed by atoms with Gasteiger partial charge in [-0.25, -0.2) is 0 Å². The number of rotatable bonds is 20. The second-order valence-electron chi connectivity index (χ2n) is 11.5. The summed E-state index contributed by atoms with van der Waals surface area (Å²) in [5.41, 5.74) is 2.45. The van der Waals surface area contributed by atoms with Crippen LogP contribution in [0.15, 0.2) is 59.5 Å². The Morgan fingerprint density at radius 2 is 1.03 bits per heavy atom. The van der Waals surface area contributed by atoms with E-state index in [0.717, 1.165) is 17.2 Å². The zero-order valence-corrected chi connectivity index (χ0v) is 26.6. The zero-order chi connectivity index (χ0) is 28.8. The van der Waals surface area contributed by atoms with Crippen LogP contribution in [0.3, 0.4) is 0 Å². The van der Waals surface area contributed by atoms with Gasteiger partial charge in [0.2, 0.25) is 0 Å². The van der Waals surface area contributed by atoms with Crippen LogP contribution in [0.4, 0.5) is 5.69 Å². The Morgan fingerprint density at radius 1 is 0.615 bits per heavy atom. The molecule has 222 valence electrons. The molecule has 2 aromatic rings. The maximum absolute atomic E-state index is 11.1. The minimum absolute atomic E-state index is 0.190. The molecule has 0 unspecified atom stereocenters. The van der Waals surface area contributed by atoms with E-state index < -0.39 is 10.1 Å². The predicted octanol–water partition coefficient (Wildman–Crippen LogP) is 9.85. The highest BCUT2D eigenvalue weighted by Crippen LogP contribution is 2.20. The zero-order valence-electron chi connectivity index (χ0n) is 25.8. The number of hydrogen-bond donors (Lipinski definition) is 0. The van der Waals surface area contributed by atoms with Gasteiger partial charge in [0.25, 0.3) is 10.1 Å². The lowest BCUT2D eigenvalue weighted by atomic mass is 10.0. The minimum atomic E-state index is -3.51. The van der Waals surface area contributed by atoms with Gasteiger partial charge in [-0.1, -0.05) is 133 Å². The van der Waals surface area contributed by atoms with Crippen LogP contribution in [0.25, 0.3) is 0 Å². The minimum Gasteiger partial charge on any atom is -0.296 e. The first-order chi connectivity index (χ1) is 18.7. The van der Waals surface area contributed by atoms with E-state index in [1.807, 2.05) is 6.92 Å². The molecule has 5 heteroatoms. The SMILES string of the molecule is CCCCCCCCCCCCCCCCCC[N+](C)(C)c1ccccc1.COS(=O)(=O)c1ccc(C)cc1. The van der Waals surface area contributed by atoms with Crippen molar-refractivity contribution < 1.29 is 12.6 Å². The molecule has 0 aliphatic heterocycles. The van der Waals surface area contributed by atoms with Crippen molar-refractivity contribution in [3.05, 3.63) is 60.2 Å². The van der Waals surface area contributed by atoms with Crippen molar-refractivity contribution in [1.82, 2.24) is 4.48 Å². The monoisotopic (exact) mass is 560 g/mol. The third kappa shape index (κ3) is 16.9. The largest absolute Gasteiger partial charge is 0.296 e. The number of unbranched alkanes of at least 4 members (excludes halogenated alkanes) is 15. The Labute approximate surface area is 241 Å². The molecule has 0 aliphatic rings. The smallest absolute Gasteiger partial charge is 0.296 e. The Balaban J connectivity index is 0.000000525. The predicted molar refractivity (Wildman–Crippen MR) is 170 cm³/mol. The van der Waals surface area contributed by atoms with Gasteiger partial charge in [0, 0.05) is 0 Å². The van der Waals surface area contributed by atoms with Gasteiger partial charge in [0.1, 0.15) is 5.69 Å². The van der Waals surface area contributed by atoms with Gasteiger partial charge in [0.05, 0.1) is 32.6 Å². The molecular weight excluding hydrogens is 502 g/mol. The summed E-state index contributed by atoms with van der Waals surface area (Å²) < 4.78 is 27.5. The molecule has 0 radical (unpaired) electrons. The highest BCUT2D eigenvalue weighted by molar-refractivity contribution is 7.86. The molecule has 2 rings (SSSR count). The number of quaternary nitrogens is 1. The molecule has 2 aromatic carbocycles. The van der Waals surface area contributed by atoms with E-state index in [9.17, 15) is 8.42 Å². The van der Waals surface area contributed by atoms with Crippen LogP contribution in [-0.4, -0.2) is 36.2 Å². The average molecular weight is 561 g/mol. The lowest BCUT2D eigenvalue weighted by molar-refractivity contribution is 0.380. The molecule has 0 aliphatic carbocycles. The second kappa shape index (κ2) is 21.1. The van der Waals surface area contributed by atoms with Gasteiger partial charge in [-0.15, -0.1) is 0 Å². The molecule has 0 fully saturated rings. The van der Waals surface area contributed by atoms with Gasteiger partial charge in [0.15, 0.2) is 0 Å². The van der Waals surface area contributed by atoms with Crippen molar-refractivity contribution in [3.63, 3.8) is 0 Å². The van der Waals surface area contributed by atoms with Crippen LogP contribution in [-0.2, 0) is 14.3 Å². The molecule has 0 saturated heterocycles. The highest BCUT2D eigenvalue weighted by Gasteiger charge is 2.17. The molecule has 39 heavy (non-hydrogen) atoms. The van der Waals surface area contributed by atoms with E-state index in [-0.39, 0.29) is 4.90 Å². The average Bonchev–Trinajstić information content (AvgIpc) is 2.94. The molecule has 0 aromatic heterocycles. The topological polar surface area (TPSA) is 43.4 Å². The summed E-state index contributed by atoms with van der Waals surface area (Å²) in [6.07, 6.45) is 23.1. The van der Waals surface area contributed by atoms with Crippen molar-refractivity contribution in [2.24, 2.45) is 0 Å². The maximum atomic E-state index is 11.1. The fourth-order valence-corrected chi connectivity index (χ4v) is 5.48. The van der Waals surface area contributed by atoms with Crippen molar-refractivity contribution in [2.75, 3.05) is 27.7 Å². The van der Waals surface area contributed by atoms with Crippen LogP contribution in [0.1, 0.15) is 115 Å². The lowest BCUT2D eigenvalue weighted by Gasteiger charge is -2.29. The van der Waals surface area contributed by atoms with Crippen LogP contribution < -0.4 is 4.48 Å². The first-order valence-corrected chi connectivity index (χ1v) is 16.9. The highest BCUT2D eigenvalue weighted by atomic mass is 32.2. The Kier molecular flexibility index (Phi) is 19.1. The first kappa shape index (κ1) is 35.3. The molecule has 0 atom stereocenters. The van der Waals surface area contributed by atoms with Crippen LogP contribution >= 0.6 is 0 Å². The summed E-state index contributed by atoms with van der Waals surface area (Å²) in [5, 5.41) is 0. The van der Waals surface area contributed by atoms with Gasteiger partial charge in [-0.3, -0.25) is 8.67 Å². The molecule has 0 bridgehead atoms. The molecular formula is C34H58NO3S+. The summed E-state index contributed by atoms with van der Waals surface area (Å²) in [4.78, 5) is 0.190. The molecule has 0 saturated carbocycles. The third-order valence-electron chi connectivity index (χ3n) is 7.55. The van der Waals surface area contributed by atoms with E-state index in [2.05, 4.69) is 55.5 Å². The van der Waals surface area contributed by atoms with E-state index in [4.69, 9.17) is 0 Å². The van der Waals surface area contributed by atoms with Gasteiger partial charge < -0.3 is 0 Å². The van der Waals surface area contributed by atoms with E-state index in [0.29, 0.717) is 0 Å². The van der Waals surface area contributed by atoms with Crippen molar-refractivity contribution in [2.45, 2.75) is 121 Å². The molecule has 0 heterocycles. The summed E-state index contributed by atoms with van der Waals surface area (Å²) >= 11 is 0. The van der Waals surface area contributed by atoms with Gasteiger partial charge >= 0.3 is 0 Å². The fourth-order valence-electron chi connectivity index (χ4n) is 4.82. The number of hydrogen-bond acceptors (Lipinski definition) is 3. The van der Waals surface area contributed by atoms with E-state index >= 15 is 0 Å². The van der Waals surface area contributed by atoms with Crippen LogP contribution in [0, 0.1) is 6.92 Å². The van der Waals surface area contributed by atoms with Gasteiger partial charge in [-0.2, -0.15) is 8.42 Å². The van der Waals surface area contributed by atoms with Crippen molar-refractivity contribution in [1.29, 1.82) is 0 Å². The Bertz CT molecular complexity index is 940. The van der Waals surface area contributed by atoms with Crippen molar-refractivity contribution >= 4 is 15.8 Å². The maximum Gasteiger partial charge on any atom is 0.296 e. The Hall–Kier alpha value is -1.69. The van der Waals surface area contributed by atoms with Gasteiger partial charge in [-0.05, 0) is 44.0 Å². The van der Waals surface area contributed by atoms with E-state index in [1.165, 1.54) is 127 Å². The number of aryl methyl sites for hydroxylation is 1. The summed E-state index contributed by atoms with van der Waals surface area (Å²) in [6, 6.07) is 17.4. The van der Waals surface area contributed by atoms with E-state index in [1.54, 1.807) is 12.1 Å². The molecule has 0 spiro atoms. The second-order valence-corrected chi connectivity index (χ2v) is 13.2. The molecule has 0 amide bonds. The first-order valence-electron chi connectivity index (χ1n) is 15.5. The standard InChI is InChI=1S/C26H48N.C8H10O3S/c1-4-5-6-7-8-9-10-11-12-13-14-15-16-17-18-22-25-27(2,3)26-23-20-19-21-24-26;1-7-3-5-8(6-4-7)12(9,10)11-2/h19-21,23-24H,4-18,22,25H2,1-3H3;3-6H,1-2H3/q+1;. The van der Waals surface area contributed by atoms with Crippen molar-refractivity contribution in [3.8, 4) is 0 Å². The number of benzene rings is 2. The Morgan fingerprint density at radius 3 is 1.44 bits per heavy atom. The third-order valence-corrected chi connectivity index (χ3v) is 8.84. The quantitative estimate of drug-likeness (QED) is 0.0919. The van der Waals surface area contributed by atoms with Crippen LogP contribution in [0.2, 0.25) is 0 Å². The summed E-state index contributed by atoms with van der Waals surface area (Å²) in [7, 11) is 2.30. The molecule has 4 nitrogen and oxygen atoms in total. The van der Waals surface area contributed by atoms with Crippen LogP contribution in [0.5, 0.6) is 0 Å². The summed E-state index contributed by atoms with van der Waals surface area (Å²) in [6.45, 7) is 5.44.